The predicted octanol–water partition coefficient (Wildman–Crippen LogP) is 5.77. The summed E-state index contributed by atoms with van der Waals surface area (Å²) in [5.41, 5.74) is 2.11. The molecule has 0 unspecified atom stereocenters. The predicted molar refractivity (Wildman–Crippen MR) is 128 cm³/mol. The standard InChI is InChI=1S/C26H21FN2O4S/c1-12(2)15-5-7-16(8-6-15)21-20-22(31)18-11-17(27)9-10-19(18)33-23(20)25(32)29(21)26-28-13(3)24(34-26)14(4)30/h5-12,21H,1-4H3/t21-/m1/s1. The van der Waals surface area contributed by atoms with Gasteiger partial charge in [0.25, 0.3) is 5.91 Å². The zero-order chi connectivity index (χ0) is 24.3. The number of fused-ring (bicyclic) bond motifs is 2. The minimum absolute atomic E-state index is 0.0666. The van der Waals surface area contributed by atoms with Gasteiger partial charge in [-0.3, -0.25) is 19.3 Å². The van der Waals surface area contributed by atoms with Gasteiger partial charge in [-0.1, -0.05) is 49.4 Å². The number of Topliss-reactive ketones (excluding diaryl/α,β-unsaturated/α-hetero) is 1. The smallest absolute Gasteiger partial charge is 0.297 e. The highest BCUT2D eigenvalue weighted by Gasteiger charge is 2.45. The Bertz CT molecular complexity index is 1540. The third-order valence-corrected chi connectivity index (χ3v) is 7.32. The van der Waals surface area contributed by atoms with Gasteiger partial charge in [-0.05, 0) is 42.2 Å². The Kier molecular flexibility index (Phi) is 5.20. The van der Waals surface area contributed by atoms with Gasteiger partial charge in [0.2, 0.25) is 5.76 Å². The molecular formula is C26H21FN2O4S. The summed E-state index contributed by atoms with van der Waals surface area (Å²) >= 11 is 1.10. The van der Waals surface area contributed by atoms with Crippen LogP contribution >= 0.6 is 11.3 Å². The average Bonchev–Trinajstić information content (AvgIpc) is 3.32. The molecule has 8 heteroatoms. The quantitative estimate of drug-likeness (QED) is 0.349. The maximum absolute atomic E-state index is 14.0. The van der Waals surface area contributed by atoms with Crippen LogP contribution in [0.2, 0.25) is 0 Å². The van der Waals surface area contributed by atoms with Crippen LogP contribution in [-0.2, 0) is 0 Å². The molecule has 34 heavy (non-hydrogen) atoms. The van der Waals surface area contributed by atoms with E-state index in [1.807, 2.05) is 24.3 Å². The van der Waals surface area contributed by atoms with E-state index in [-0.39, 0.29) is 28.1 Å². The number of rotatable bonds is 4. The number of carbonyl (C=O) groups is 2. The molecule has 0 aliphatic carbocycles. The summed E-state index contributed by atoms with van der Waals surface area (Å²) in [5, 5.41) is 0.364. The molecule has 0 saturated carbocycles. The molecule has 2 aromatic heterocycles. The van der Waals surface area contributed by atoms with Crippen LogP contribution in [0.15, 0.2) is 51.7 Å². The lowest BCUT2D eigenvalue weighted by Crippen LogP contribution is -2.29. The van der Waals surface area contributed by atoms with Crippen LogP contribution in [0.4, 0.5) is 9.52 Å². The molecule has 5 rings (SSSR count). The average molecular weight is 477 g/mol. The lowest BCUT2D eigenvalue weighted by Gasteiger charge is -2.23. The first-order valence-electron chi connectivity index (χ1n) is 10.9. The first-order chi connectivity index (χ1) is 16.2. The maximum atomic E-state index is 14.0. The number of nitrogens with zero attached hydrogens (tertiary/aromatic N) is 2. The molecule has 0 N–H and O–H groups in total. The lowest BCUT2D eigenvalue weighted by molar-refractivity contribution is 0.0969. The number of thiazole rings is 1. The van der Waals surface area contributed by atoms with Crippen molar-refractivity contribution in [3.05, 3.63) is 91.5 Å². The number of carbonyl (C=O) groups excluding carboxylic acids is 2. The number of ketones is 1. The summed E-state index contributed by atoms with van der Waals surface area (Å²) in [5.74, 6) is -1.04. The van der Waals surface area contributed by atoms with Crippen molar-refractivity contribution < 1.29 is 18.4 Å². The number of hydrogen-bond donors (Lipinski definition) is 0. The van der Waals surface area contributed by atoms with Crippen LogP contribution < -0.4 is 10.3 Å². The zero-order valence-corrected chi connectivity index (χ0v) is 19.8. The number of hydrogen-bond acceptors (Lipinski definition) is 6. The molecule has 0 fully saturated rings. The van der Waals surface area contributed by atoms with Crippen molar-refractivity contribution in [1.82, 2.24) is 4.98 Å². The Labute approximate surface area is 198 Å². The number of benzene rings is 2. The molecule has 3 heterocycles. The molecule has 1 aliphatic rings. The Balaban J connectivity index is 1.78. The number of halogens is 1. The Morgan fingerprint density at radius 1 is 1.15 bits per heavy atom. The Morgan fingerprint density at radius 3 is 2.47 bits per heavy atom. The summed E-state index contributed by atoms with van der Waals surface area (Å²) in [6, 6.07) is 10.5. The minimum atomic E-state index is -0.821. The molecule has 1 amide bonds. The van der Waals surface area contributed by atoms with E-state index in [0.717, 1.165) is 23.0 Å². The maximum Gasteiger partial charge on any atom is 0.297 e. The fourth-order valence-corrected chi connectivity index (χ4v) is 5.32. The summed E-state index contributed by atoms with van der Waals surface area (Å²) in [6.07, 6.45) is 0. The summed E-state index contributed by atoms with van der Waals surface area (Å²) in [7, 11) is 0. The first kappa shape index (κ1) is 22.2. The fraction of sp³-hybridized carbons (Fsp3) is 0.231. The van der Waals surface area contributed by atoms with E-state index < -0.39 is 23.2 Å². The third kappa shape index (κ3) is 3.37. The number of aryl methyl sites for hydroxylation is 1. The van der Waals surface area contributed by atoms with Gasteiger partial charge in [0.05, 0.1) is 27.6 Å². The van der Waals surface area contributed by atoms with Gasteiger partial charge in [-0.15, -0.1) is 0 Å². The molecular weight excluding hydrogens is 455 g/mol. The molecule has 2 aromatic carbocycles. The third-order valence-electron chi connectivity index (χ3n) is 6.06. The minimum Gasteiger partial charge on any atom is -0.450 e. The highest BCUT2D eigenvalue weighted by atomic mass is 32.1. The molecule has 4 aromatic rings. The van der Waals surface area contributed by atoms with Crippen molar-refractivity contribution in [3.8, 4) is 0 Å². The van der Waals surface area contributed by atoms with Gasteiger partial charge >= 0.3 is 0 Å². The van der Waals surface area contributed by atoms with Crippen LogP contribution in [-0.4, -0.2) is 16.7 Å². The van der Waals surface area contributed by atoms with Crippen LogP contribution in [0.25, 0.3) is 11.0 Å². The molecule has 1 atom stereocenters. The van der Waals surface area contributed by atoms with Crippen LogP contribution in [0, 0.1) is 12.7 Å². The molecule has 172 valence electrons. The molecule has 0 bridgehead atoms. The summed E-state index contributed by atoms with van der Waals surface area (Å²) < 4.78 is 19.8. The van der Waals surface area contributed by atoms with Crippen LogP contribution in [0.5, 0.6) is 0 Å². The second-order valence-electron chi connectivity index (χ2n) is 8.68. The van der Waals surface area contributed by atoms with E-state index in [9.17, 15) is 18.8 Å². The van der Waals surface area contributed by atoms with Crippen molar-refractivity contribution in [3.63, 3.8) is 0 Å². The lowest BCUT2D eigenvalue weighted by atomic mass is 9.95. The van der Waals surface area contributed by atoms with Crippen LogP contribution in [0.3, 0.4) is 0 Å². The van der Waals surface area contributed by atoms with Gasteiger partial charge in [-0.25, -0.2) is 9.37 Å². The van der Waals surface area contributed by atoms with Gasteiger partial charge in [0.1, 0.15) is 11.4 Å². The van der Waals surface area contributed by atoms with Crippen molar-refractivity contribution >= 4 is 39.1 Å². The van der Waals surface area contributed by atoms with Crippen molar-refractivity contribution in [2.24, 2.45) is 0 Å². The molecule has 0 spiro atoms. The number of anilines is 1. The summed E-state index contributed by atoms with van der Waals surface area (Å²) in [4.78, 5) is 45.5. The first-order valence-corrected chi connectivity index (χ1v) is 11.7. The topological polar surface area (TPSA) is 80.5 Å². The molecule has 0 saturated heterocycles. The molecule has 0 radical (unpaired) electrons. The highest BCUT2D eigenvalue weighted by molar-refractivity contribution is 7.17. The van der Waals surface area contributed by atoms with E-state index in [1.54, 1.807) is 6.92 Å². The zero-order valence-electron chi connectivity index (χ0n) is 19.0. The van der Waals surface area contributed by atoms with Gasteiger partial charge in [-0.2, -0.15) is 0 Å². The van der Waals surface area contributed by atoms with E-state index >= 15 is 0 Å². The van der Waals surface area contributed by atoms with Gasteiger partial charge in [0.15, 0.2) is 16.3 Å². The highest BCUT2D eigenvalue weighted by Crippen LogP contribution is 2.43. The second kappa shape index (κ2) is 7.99. The Morgan fingerprint density at radius 2 is 1.85 bits per heavy atom. The number of aromatic nitrogens is 1. The van der Waals surface area contributed by atoms with Gasteiger partial charge in [0, 0.05) is 6.92 Å². The van der Waals surface area contributed by atoms with E-state index in [1.165, 1.54) is 24.0 Å². The van der Waals surface area contributed by atoms with Crippen molar-refractivity contribution in [1.29, 1.82) is 0 Å². The van der Waals surface area contributed by atoms with E-state index in [0.29, 0.717) is 27.2 Å². The van der Waals surface area contributed by atoms with Crippen molar-refractivity contribution in [2.75, 3.05) is 4.90 Å². The molecule has 6 nitrogen and oxygen atoms in total. The normalized spacial score (nSPS) is 15.4. The Hall–Kier alpha value is -3.65. The largest absolute Gasteiger partial charge is 0.450 e. The second-order valence-corrected chi connectivity index (χ2v) is 9.66. The monoisotopic (exact) mass is 476 g/mol. The van der Waals surface area contributed by atoms with E-state index in [4.69, 9.17) is 4.42 Å². The van der Waals surface area contributed by atoms with Crippen molar-refractivity contribution in [2.45, 2.75) is 39.7 Å². The van der Waals surface area contributed by atoms with Crippen LogP contribution in [0.1, 0.15) is 75.3 Å². The fourth-order valence-electron chi connectivity index (χ4n) is 4.33. The molecule has 1 aliphatic heterocycles. The SMILES string of the molecule is CC(=O)c1sc(N2C(=O)c3oc4ccc(F)cc4c(=O)c3[C@H]2c2ccc(C(C)C)cc2)nc1C. The van der Waals surface area contributed by atoms with Gasteiger partial charge < -0.3 is 4.42 Å². The number of amides is 1. The summed E-state index contributed by atoms with van der Waals surface area (Å²) in [6.45, 7) is 7.30. The van der Waals surface area contributed by atoms with E-state index in [2.05, 4.69) is 18.8 Å².